The summed E-state index contributed by atoms with van der Waals surface area (Å²) in [6.45, 7) is 9.16. The highest BCUT2D eigenvalue weighted by Gasteiger charge is 2.78. The lowest BCUT2D eigenvalue weighted by Gasteiger charge is -2.39. The van der Waals surface area contributed by atoms with E-state index in [0.29, 0.717) is 23.2 Å². The van der Waals surface area contributed by atoms with Gasteiger partial charge in [-0.15, -0.1) is 13.2 Å². The van der Waals surface area contributed by atoms with Gasteiger partial charge >= 0.3 is 5.97 Å². The zero-order chi connectivity index (χ0) is 40.4. The molecule has 0 aliphatic carbocycles. The van der Waals surface area contributed by atoms with Gasteiger partial charge in [-0.2, -0.15) is 0 Å². The zero-order valence-corrected chi connectivity index (χ0v) is 33.7. The summed E-state index contributed by atoms with van der Waals surface area (Å²) in [4.78, 5) is 62.8. The molecule has 3 aliphatic rings. The highest BCUT2D eigenvalue weighted by Crippen LogP contribution is 2.62. The minimum atomic E-state index is -1.44. The molecule has 0 aromatic heterocycles. The lowest BCUT2D eigenvalue weighted by atomic mass is 9.70. The maximum atomic E-state index is 15.4. The molecule has 3 saturated heterocycles. The highest BCUT2D eigenvalue weighted by molar-refractivity contribution is 9.09. The largest absolute Gasteiger partial charge is 0.455 e. The van der Waals surface area contributed by atoms with E-state index in [9.17, 15) is 14.7 Å². The first kappa shape index (κ1) is 40.1. The Labute approximate surface area is 341 Å². The van der Waals surface area contributed by atoms with Gasteiger partial charge in [0.05, 0.1) is 36.6 Å². The summed E-state index contributed by atoms with van der Waals surface area (Å²) >= 11 is 3.78. The van der Waals surface area contributed by atoms with Crippen LogP contribution in [-0.4, -0.2) is 87.4 Å². The van der Waals surface area contributed by atoms with Crippen molar-refractivity contribution >= 4 is 56.1 Å². The zero-order valence-electron chi connectivity index (χ0n) is 32.2. The van der Waals surface area contributed by atoms with Gasteiger partial charge in [0, 0.05) is 30.5 Å². The fourth-order valence-electron chi connectivity index (χ4n) is 9.05. The van der Waals surface area contributed by atoms with E-state index in [1.165, 1.54) is 4.90 Å². The number of ether oxygens (including phenoxy) is 2. The maximum absolute atomic E-state index is 15.4. The maximum Gasteiger partial charge on any atom is 0.313 e. The summed E-state index contributed by atoms with van der Waals surface area (Å²) < 4.78 is 13.3. The van der Waals surface area contributed by atoms with E-state index in [-0.39, 0.29) is 25.3 Å². The number of likely N-dealkylation sites (tertiary alicyclic amines) is 1. The van der Waals surface area contributed by atoms with Crippen molar-refractivity contribution in [3.05, 3.63) is 140 Å². The quantitative estimate of drug-likeness (QED) is 0.0785. The summed E-state index contributed by atoms with van der Waals surface area (Å²) in [6, 6.07) is 29.2. The predicted molar refractivity (Wildman–Crippen MR) is 222 cm³/mol. The molecule has 1 unspecified atom stereocenters. The van der Waals surface area contributed by atoms with Gasteiger partial charge in [-0.1, -0.05) is 119 Å². The number of esters is 1. The number of alkyl halides is 1. The van der Waals surface area contributed by atoms with Crippen LogP contribution in [0, 0.1) is 11.8 Å². The molecule has 3 fully saturated rings. The Hall–Kier alpha value is -5.10. The van der Waals surface area contributed by atoms with Crippen LogP contribution in [0.5, 0.6) is 0 Å². The Morgan fingerprint density at radius 2 is 1.61 bits per heavy atom. The fraction of sp³-hybridized carbons (Fsp3) is 0.348. The third-order valence-electron chi connectivity index (χ3n) is 11.9. The lowest BCUT2D eigenvalue weighted by Crippen LogP contribution is -2.57. The van der Waals surface area contributed by atoms with E-state index in [2.05, 4.69) is 29.1 Å². The molecule has 4 aromatic carbocycles. The van der Waals surface area contributed by atoms with Gasteiger partial charge in [0.25, 0.3) is 5.91 Å². The second-order valence-corrected chi connectivity index (χ2v) is 16.3. The van der Waals surface area contributed by atoms with Crippen molar-refractivity contribution < 1.29 is 33.8 Å². The first-order chi connectivity index (χ1) is 27.6. The van der Waals surface area contributed by atoms with Crippen molar-refractivity contribution in [2.75, 3.05) is 25.1 Å². The van der Waals surface area contributed by atoms with Crippen LogP contribution >= 0.6 is 15.9 Å². The number of halogens is 1. The normalized spacial score (nSPS) is 25.0. The fourth-order valence-corrected chi connectivity index (χ4v) is 9.99. The molecule has 2 bridgehead atoms. The van der Waals surface area contributed by atoms with Crippen LogP contribution in [0.1, 0.15) is 49.5 Å². The van der Waals surface area contributed by atoms with E-state index in [0.717, 1.165) is 10.8 Å². The van der Waals surface area contributed by atoms with Gasteiger partial charge in [0.2, 0.25) is 11.8 Å². The van der Waals surface area contributed by atoms with Crippen molar-refractivity contribution in [2.24, 2.45) is 11.8 Å². The average Bonchev–Trinajstić information content (AvgIpc) is 3.84. The number of benzene rings is 4. The molecule has 0 saturated carbocycles. The number of rotatable bonds is 15. The molecule has 1 spiro atoms. The number of carbonyl (C=O) groups is 4. The number of aliphatic hydroxyl groups is 1. The molecule has 3 aliphatic heterocycles. The molecule has 1 N–H and O–H groups in total. The minimum absolute atomic E-state index is 0.128. The van der Waals surface area contributed by atoms with Crippen LogP contribution in [0.4, 0.5) is 5.69 Å². The molecular weight excluding hydrogens is 786 g/mol. The van der Waals surface area contributed by atoms with Crippen molar-refractivity contribution in [3.63, 3.8) is 0 Å². The molecule has 9 atom stereocenters. The Bertz CT molecular complexity index is 2150. The highest BCUT2D eigenvalue weighted by atomic mass is 79.9. The third kappa shape index (κ3) is 7.21. The summed E-state index contributed by atoms with van der Waals surface area (Å²) in [6.07, 6.45) is 2.67. The van der Waals surface area contributed by atoms with Gasteiger partial charge in [-0.3, -0.25) is 19.2 Å². The molecule has 57 heavy (non-hydrogen) atoms. The molecule has 3 heterocycles. The molecule has 296 valence electrons. The average molecular weight is 835 g/mol. The monoisotopic (exact) mass is 833 g/mol. The molecular formula is C46H48BrN3O7. The number of hydrogen-bond donors (Lipinski definition) is 1. The second-order valence-electron chi connectivity index (χ2n) is 15.1. The molecule has 4 aromatic rings. The number of anilines is 1. The number of nitrogens with zero attached hydrogens (tertiary/aromatic N) is 3. The SMILES string of the molecule is C=CCCC(=O)N(C)[C@H](C)[C@H](OC(=O)[C@@H]1[C@H]2O[C@@]3(CC2Br)[C@H](C(=O)N(CC=C)c2ccc4ccccc4c2)N([C@H](CO)c2ccccc2)C(=O)[C@@H]13)c1ccccc1. The molecule has 11 heteroatoms. The summed E-state index contributed by atoms with van der Waals surface area (Å²) in [7, 11) is 1.68. The van der Waals surface area contributed by atoms with E-state index in [4.69, 9.17) is 9.47 Å². The van der Waals surface area contributed by atoms with E-state index in [1.54, 1.807) is 29.0 Å². The molecule has 7 rings (SSSR count). The van der Waals surface area contributed by atoms with Gasteiger partial charge in [0.15, 0.2) is 0 Å². The Kier molecular flexibility index (Phi) is 11.8. The Morgan fingerprint density at radius 3 is 2.26 bits per heavy atom. The lowest BCUT2D eigenvalue weighted by molar-refractivity contribution is -0.165. The second kappa shape index (κ2) is 16.8. The number of fused-ring (bicyclic) bond motifs is 2. The molecule has 0 radical (unpaired) electrons. The van der Waals surface area contributed by atoms with Gasteiger partial charge < -0.3 is 29.3 Å². The molecule has 3 amide bonds. The summed E-state index contributed by atoms with van der Waals surface area (Å²) in [5, 5.41) is 13.0. The first-order valence-corrected chi connectivity index (χ1v) is 20.3. The number of likely N-dealkylation sites (N-methyl/N-ethyl adjacent to an activating group) is 1. The van der Waals surface area contributed by atoms with Crippen LogP contribution in [0.25, 0.3) is 10.8 Å². The topological polar surface area (TPSA) is 117 Å². The van der Waals surface area contributed by atoms with Crippen molar-refractivity contribution in [2.45, 2.75) is 66.9 Å². The smallest absolute Gasteiger partial charge is 0.313 e. The summed E-state index contributed by atoms with van der Waals surface area (Å²) in [5.41, 5.74) is 0.481. The first-order valence-electron chi connectivity index (χ1n) is 19.4. The van der Waals surface area contributed by atoms with Crippen molar-refractivity contribution in [1.82, 2.24) is 9.80 Å². The van der Waals surface area contributed by atoms with Gasteiger partial charge in [0.1, 0.15) is 17.7 Å². The van der Waals surface area contributed by atoms with E-state index >= 15 is 9.59 Å². The summed E-state index contributed by atoms with van der Waals surface area (Å²) in [5.74, 6) is -3.88. The van der Waals surface area contributed by atoms with E-state index < -0.39 is 77.0 Å². The molecule has 10 nitrogen and oxygen atoms in total. The number of amides is 3. The van der Waals surface area contributed by atoms with Gasteiger partial charge in [-0.05, 0) is 53.8 Å². The number of allylic oxidation sites excluding steroid dienone is 1. The number of aliphatic hydroxyl groups excluding tert-OH is 1. The van der Waals surface area contributed by atoms with E-state index in [1.807, 2.05) is 110 Å². The van der Waals surface area contributed by atoms with Crippen molar-refractivity contribution in [3.8, 4) is 0 Å². The standard InChI is InChI=1S/C46H48BrN3O7/c1-5-7-22-37(52)48(4)29(3)40(32-19-12-9-13-20-32)56-45(55)38-39-43(53)50(36(28-51)31-17-10-8-11-18-31)42(46(39)27-35(47)41(38)57-46)44(54)49(25-6-2)34-24-23-30-16-14-15-21-33(30)26-34/h5-6,8-21,23-24,26,29,35-36,38-42,51H,1-2,7,22,25,27-28H2,3-4H3/t29-,35?,36-,38+,39-,40+,41+,42+,46-/m1/s1. The van der Waals surface area contributed by atoms with Crippen LogP contribution in [0.2, 0.25) is 0 Å². The minimum Gasteiger partial charge on any atom is -0.455 e. The van der Waals surface area contributed by atoms with Crippen LogP contribution in [0.15, 0.2) is 128 Å². The van der Waals surface area contributed by atoms with Crippen molar-refractivity contribution in [1.29, 1.82) is 0 Å². The van der Waals surface area contributed by atoms with Crippen LogP contribution < -0.4 is 4.90 Å². The number of carbonyl (C=O) groups excluding carboxylic acids is 4. The third-order valence-corrected chi connectivity index (χ3v) is 12.8. The predicted octanol–water partition coefficient (Wildman–Crippen LogP) is 6.94. The number of hydrogen-bond acceptors (Lipinski definition) is 7. The Balaban J connectivity index is 1.30. The van der Waals surface area contributed by atoms with Crippen LogP contribution in [0.3, 0.4) is 0 Å². The van der Waals surface area contributed by atoms with Gasteiger partial charge in [-0.25, -0.2) is 0 Å². The Morgan fingerprint density at radius 1 is 0.965 bits per heavy atom. The van der Waals surface area contributed by atoms with Crippen LogP contribution in [-0.2, 0) is 28.7 Å².